The third kappa shape index (κ3) is 39.7. The van der Waals surface area contributed by atoms with E-state index in [1.807, 2.05) is 0 Å². The van der Waals surface area contributed by atoms with E-state index < -0.39 is 32.5 Å². The Bertz CT molecular complexity index is 797. The summed E-state index contributed by atoms with van der Waals surface area (Å²) in [6.07, 6.45) is 32.8. The number of hydrogen-bond acceptors (Lipinski definition) is 6. The number of carbonyl (C=O) groups is 2. The maximum atomic E-state index is 12.3. The van der Waals surface area contributed by atoms with Gasteiger partial charge in [0.1, 0.15) is 6.61 Å². The quantitative estimate of drug-likeness (QED) is 0.0370. The van der Waals surface area contributed by atoms with Crippen LogP contribution in [-0.2, 0) is 28.2 Å². The SMILES string of the molecule is CC(C)CCCCCCCCCCCCCCCCCCCCC(=O)OC[C@H](COP(=O)(O)O)OC(=O)CCCCCCCCCC(C)C. The summed E-state index contributed by atoms with van der Waals surface area (Å²) in [5.41, 5.74) is 0. The number of ether oxygens (including phenoxy) is 2. The number of phosphoric acid groups is 1. The standard InChI is InChI=1S/C40H79O8P/c1-36(2)30-26-22-18-15-13-11-9-7-5-6-8-10-12-14-16-20-24-28-32-39(41)46-34-38(35-47-49(43,44)45)48-40(42)33-29-25-21-17-19-23-27-31-37(3)4/h36-38H,5-35H2,1-4H3,(H2,43,44,45)/t38-/m1/s1. The highest BCUT2D eigenvalue weighted by atomic mass is 31.2. The van der Waals surface area contributed by atoms with E-state index in [2.05, 4.69) is 32.2 Å². The molecule has 0 heterocycles. The van der Waals surface area contributed by atoms with Crippen LogP contribution in [0.1, 0.15) is 214 Å². The Morgan fingerprint density at radius 1 is 0.469 bits per heavy atom. The predicted octanol–water partition coefficient (Wildman–Crippen LogP) is 12.2. The Morgan fingerprint density at radius 3 is 1.10 bits per heavy atom. The number of phosphoric ester groups is 1. The molecule has 0 saturated carbocycles. The fourth-order valence-corrected chi connectivity index (χ4v) is 6.52. The second-order valence-corrected chi connectivity index (χ2v) is 16.5. The summed E-state index contributed by atoms with van der Waals surface area (Å²) < 4.78 is 26.3. The van der Waals surface area contributed by atoms with Crippen molar-refractivity contribution >= 4 is 19.8 Å². The van der Waals surface area contributed by atoms with Crippen molar-refractivity contribution in [1.29, 1.82) is 0 Å². The third-order valence-electron chi connectivity index (χ3n) is 9.23. The lowest BCUT2D eigenvalue weighted by Crippen LogP contribution is -2.29. The highest BCUT2D eigenvalue weighted by molar-refractivity contribution is 7.46. The molecule has 9 heteroatoms. The smallest absolute Gasteiger partial charge is 0.462 e. The summed E-state index contributed by atoms with van der Waals surface area (Å²) in [6.45, 7) is 8.32. The Hall–Kier alpha value is -0.950. The maximum Gasteiger partial charge on any atom is 0.469 e. The molecule has 0 amide bonds. The minimum Gasteiger partial charge on any atom is -0.462 e. The first-order chi connectivity index (χ1) is 23.5. The van der Waals surface area contributed by atoms with E-state index in [0.717, 1.165) is 50.4 Å². The van der Waals surface area contributed by atoms with E-state index in [4.69, 9.17) is 19.3 Å². The van der Waals surface area contributed by atoms with Crippen LogP contribution in [0, 0.1) is 11.8 Å². The number of rotatable bonds is 37. The average molecular weight is 719 g/mol. The normalized spacial score (nSPS) is 12.6. The molecule has 0 aromatic heterocycles. The molecule has 0 aliphatic heterocycles. The number of carbonyl (C=O) groups excluding carboxylic acids is 2. The minimum absolute atomic E-state index is 0.215. The maximum absolute atomic E-state index is 12.3. The van der Waals surface area contributed by atoms with Crippen LogP contribution in [0.4, 0.5) is 0 Å². The van der Waals surface area contributed by atoms with E-state index in [-0.39, 0.29) is 19.4 Å². The zero-order valence-corrected chi connectivity index (χ0v) is 33.3. The van der Waals surface area contributed by atoms with Gasteiger partial charge in [0.15, 0.2) is 6.10 Å². The summed E-state index contributed by atoms with van der Waals surface area (Å²) in [7, 11) is -4.74. The van der Waals surface area contributed by atoms with Crippen molar-refractivity contribution in [2.45, 2.75) is 220 Å². The molecule has 8 nitrogen and oxygen atoms in total. The van der Waals surface area contributed by atoms with Gasteiger partial charge < -0.3 is 19.3 Å². The summed E-state index contributed by atoms with van der Waals surface area (Å²) in [5.74, 6) is 0.728. The lowest BCUT2D eigenvalue weighted by Gasteiger charge is -2.18. The van der Waals surface area contributed by atoms with Crippen molar-refractivity contribution < 1.29 is 37.9 Å². The predicted molar refractivity (Wildman–Crippen MR) is 202 cm³/mol. The van der Waals surface area contributed by atoms with E-state index in [0.29, 0.717) is 6.42 Å². The van der Waals surface area contributed by atoms with Crippen molar-refractivity contribution in [2.75, 3.05) is 13.2 Å². The van der Waals surface area contributed by atoms with Gasteiger partial charge in [0.2, 0.25) is 0 Å². The van der Waals surface area contributed by atoms with Gasteiger partial charge in [-0.05, 0) is 24.7 Å². The fraction of sp³-hybridized carbons (Fsp3) is 0.950. The number of esters is 2. The lowest BCUT2D eigenvalue weighted by molar-refractivity contribution is -0.161. The average Bonchev–Trinajstić information content (AvgIpc) is 3.03. The number of unbranched alkanes of at least 4 members (excludes halogenated alkanes) is 23. The molecule has 49 heavy (non-hydrogen) atoms. The minimum atomic E-state index is -4.74. The molecule has 0 bridgehead atoms. The zero-order chi connectivity index (χ0) is 36.4. The Balaban J connectivity index is 3.79. The first-order valence-corrected chi connectivity index (χ1v) is 22.1. The molecule has 0 aromatic carbocycles. The first-order valence-electron chi connectivity index (χ1n) is 20.5. The summed E-state index contributed by atoms with van der Waals surface area (Å²) in [6, 6.07) is 0. The van der Waals surface area contributed by atoms with Crippen LogP contribution in [0.3, 0.4) is 0 Å². The van der Waals surface area contributed by atoms with Gasteiger partial charge in [-0.1, -0.05) is 188 Å². The molecule has 0 rings (SSSR count). The van der Waals surface area contributed by atoms with Crippen LogP contribution in [0.5, 0.6) is 0 Å². The highest BCUT2D eigenvalue weighted by Crippen LogP contribution is 2.36. The largest absolute Gasteiger partial charge is 0.469 e. The summed E-state index contributed by atoms with van der Waals surface area (Å²) in [4.78, 5) is 42.7. The van der Waals surface area contributed by atoms with Crippen LogP contribution < -0.4 is 0 Å². The fourth-order valence-electron chi connectivity index (χ4n) is 6.16. The van der Waals surface area contributed by atoms with Gasteiger partial charge in [-0.25, -0.2) is 4.57 Å². The van der Waals surface area contributed by atoms with Gasteiger partial charge in [0.05, 0.1) is 6.61 Å². The van der Waals surface area contributed by atoms with Crippen molar-refractivity contribution in [3.63, 3.8) is 0 Å². The van der Waals surface area contributed by atoms with Gasteiger partial charge in [0, 0.05) is 12.8 Å². The molecule has 1 atom stereocenters. The second kappa shape index (κ2) is 34.2. The van der Waals surface area contributed by atoms with E-state index in [9.17, 15) is 14.2 Å². The van der Waals surface area contributed by atoms with Crippen molar-refractivity contribution in [2.24, 2.45) is 11.8 Å². The Labute approximate surface area is 302 Å². The molecule has 0 saturated heterocycles. The van der Waals surface area contributed by atoms with Crippen molar-refractivity contribution in [3.05, 3.63) is 0 Å². The van der Waals surface area contributed by atoms with E-state index in [1.165, 1.54) is 128 Å². The lowest BCUT2D eigenvalue weighted by atomic mass is 10.0. The Kier molecular flexibility index (Phi) is 33.5. The van der Waals surface area contributed by atoms with Crippen LogP contribution in [-0.4, -0.2) is 41.0 Å². The molecular weight excluding hydrogens is 639 g/mol. The zero-order valence-electron chi connectivity index (χ0n) is 32.4. The molecule has 0 radical (unpaired) electrons. The highest BCUT2D eigenvalue weighted by Gasteiger charge is 2.23. The van der Waals surface area contributed by atoms with E-state index >= 15 is 0 Å². The third-order valence-corrected chi connectivity index (χ3v) is 9.72. The summed E-state index contributed by atoms with van der Waals surface area (Å²) >= 11 is 0. The van der Waals surface area contributed by atoms with Gasteiger partial charge in [-0.15, -0.1) is 0 Å². The molecule has 0 aliphatic carbocycles. The van der Waals surface area contributed by atoms with Crippen LogP contribution in [0.25, 0.3) is 0 Å². The molecule has 0 aliphatic rings. The molecule has 0 unspecified atom stereocenters. The van der Waals surface area contributed by atoms with Crippen LogP contribution in [0.15, 0.2) is 0 Å². The first kappa shape index (κ1) is 48.0. The van der Waals surface area contributed by atoms with Crippen molar-refractivity contribution in [1.82, 2.24) is 0 Å². The number of hydrogen-bond donors (Lipinski definition) is 2. The molecule has 2 N–H and O–H groups in total. The van der Waals surface area contributed by atoms with Gasteiger partial charge >= 0.3 is 19.8 Å². The topological polar surface area (TPSA) is 119 Å². The molecule has 292 valence electrons. The van der Waals surface area contributed by atoms with Crippen LogP contribution >= 0.6 is 7.82 Å². The molecule has 0 fully saturated rings. The van der Waals surface area contributed by atoms with Gasteiger partial charge in [0.25, 0.3) is 0 Å². The molecular formula is C40H79O8P. The van der Waals surface area contributed by atoms with Crippen LogP contribution in [0.2, 0.25) is 0 Å². The molecule has 0 spiro atoms. The van der Waals surface area contributed by atoms with E-state index in [1.54, 1.807) is 0 Å². The second-order valence-electron chi connectivity index (χ2n) is 15.3. The summed E-state index contributed by atoms with van der Waals surface area (Å²) in [5, 5.41) is 0. The van der Waals surface area contributed by atoms with Gasteiger partial charge in [-0.3, -0.25) is 14.1 Å². The van der Waals surface area contributed by atoms with Gasteiger partial charge in [-0.2, -0.15) is 0 Å². The van der Waals surface area contributed by atoms with Crippen molar-refractivity contribution in [3.8, 4) is 0 Å². The monoisotopic (exact) mass is 719 g/mol. The Morgan fingerprint density at radius 2 is 0.776 bits per heavy atom. The molecule has 0 aromatic rings.